The topological polar surface area (TPSA) is 24.5 Å². The van der Waals surface area contributed by atoms with Gasteiger partial charge in [0.2, 0.25) is 0 Å². The Hall–Kier alpha value is -0.120. The quantitative estimate of drug-likeness (QED) is 0.817. The third kappa shape index (κ3) is 4.52. The summed E-state index contributed by atoms with van der Waals surface area (Å²) in [7, 11) is 2.24. The van der Waals surface area contributed by atoms with Gasteiger partial charge in [0.1, 0.15) is 0 Å². The number of rotatable bonds is 5. The Kier molecular flexibility index (Phi) is 6.09. The first-order chi connectivity index (χ1) is 8.36. The molecule has 0 aromatic heterocycles. The van der Waals surface area contributed by atoms with Crippen LogP contribution in [0.4, 0.5) is 0 Å². The second kappa shape index (κ2) is 6.88. The molecule has 0 aromatic carbocycles. The normalized spacial score (nSPS) is 27.5. The van der Waals surface area contributed by atoms with Crippen molar-refractivity contribution in [2.75, 3.05) is 33.4 Å². The molecule has 0 radical (unpaired) electrons. The zero-order valence-corrected chi connectivity index (χ0v) is 13.1. The fraction of sp³-hybridized carbons (Fsp3) is 1.00. The van der Waals surface area contributed by atoms with Crippen molar-refractivity contribution in [3.63, 3.8) is 0 Å². The molecule has 3 nitrogen and oxygen atoms in total. The monoisotopic (exact) mass is 256 g/mol. The lowest BCUT2D eigenvalue weighted by atomic mass is 9.86. The fourth-order valence-electron chi connectivity index (χ4n) is 2.70. The molecule has 1 N–H and O–H groups in total. The van der Waals surface area contributed by atoms with Crippen LogP contribution in [0, 0.1) is 11.3 Å². The summed E-state index contributed by atoms with van der Waals surface area (Å²) in [5.74, 6) is 0.619. The van der Waals surface area contributed by atoms with Crippen molar-refractivity contribution in [3.8, 4) is 0 Å². The van der Waals surface area contributed by atoms with Gasteiger partial charge in [-0.25, -0.2) is 0 Å². The molecule has 1 aliphatic rings. The van der Waals surface area contributed by atoms with Gasteiger partial charge in [0.15, 0.2) is 0 Å². The van der Waals surface area contributed by atoms with Crippen molar-refractivity contribution in [3.05, 3.63) is 0 Å². The molecule has 1 aliphatic heterocycles. The Morgan fingerprint density at radius 2 is 2.06 bits per heavy atom. The molecule has 1 fully saturated rings. The lowest BCUT2D eigenvalue weighted by molar-refractivity contribution is 0.00779. The van der Waals surface area contributed by atoms with Gasteiger partial charge in [0.25, 0.3) is 0 Å². The van der Waals surface area contributed by atoms with E-state index in [-0.39, 0.29) is 0 Å². The summed E-state index contributed by atoms with van der Waals surface area (Å²) in [6.45, 7) is 15.4. The van der Waals surface area contributed by atoms with Crippen LogP contribution in [0.5, 0.6) is 0 Å². The van der Waals surface area contributed by atoms with Gasteiger partial charge >= 0.3 is 0 Å². The number of nitrogens with one attached hydrogen (secondary N) is 1. The van der Waals surface area contributed by atoms with Crippen LogP contribution in [-0.4, -0.2) is 50.3 Å². The van der Waals surface area contributed by atoms with Crippen molar-refractivity contribution >= 4 is 0 Å². The van der Waals surface area contributed by atoms with Crippen molar-refractivity contribution in [1.29, 1.82) is 0 Å². The predicted molar refractivity (Wildman–Crippen MR) is 77.9 cm³/mol. The van der Waals surface area contributed by atoms with E-state index in [1.165, 1.54) is 0 Å². The standard InChI is InChI=1S/C15H32N2O/c1-7-16-14-8-9-18-11-13(14)10-17(6)12(2)15(3,4)5/h12-14,16H,7-11H2,1-6H3. The van der Waals surface area contributed by atoms with Crippen LogP contribution in [0.1, 0.15) is 41.0 Å². The minimum atomic E-state index is 0.331. The van der Waals surface area contributed by atoms with Crippen molar-refractivity contribution < 1.29 is 4.74 Å². The summed E-state index contributed by atoms with van der Waals surface area (Å²) in [4.78, 5) is 2.49. The molecule has 1 heterocycles. The summed E-state index contributed by atoms with van der Waals surface area (Å²) in [6.07, 6.45) is 1.15. The van der Waals surface area contributed by atoms with E-state index in [0.717, 1.165) is 32.7 Å². The average molecular weight is 256 g/mol. The maximum Gasteiger partial charge on any atom is 0.0521 e. The highest BCUT2D eigenvalue weighted by Crippen LogP contribution is 2.25. The Morgan fingerprint density at radius 1 is 1.39 bits per heavy atom. The van der Waals surface area contributed by atoms with E-state index in [0.29, 0.717) is 23.4 Å². The lowest BCUT2D eigenvalue weighted by Crippen LogP contribution is -2.50. The Bertz CT molecular complexity index is 235. The maximum absolute atomic E-state index is 5.66. The first kappa shape index (κ1) is 15.9. The highest BCUT2D eigenvalue weighted by molar-refractivity contribution is 4.85. The summed E-state index contributed by atoms with van der Waals surface area (Å²) >= 11 is 0. The molecular weight excluding hydrogens is 224 g/mol. The molecule has 0 spiro atoms. The molecule has 1 rings (SSSR count). The predicted octanol–water partition coefficient (Wildman–Crippen LogP) is 2.37. The fourth-order valence-corrected chi connectivity index (χ4v) is 2.70. The van der Waals surface area contributed by atoms with Crippen molar-refractivity contribution in [2.45, 2.75) is 53.1 Å². The SMILES string of the molecule is CCNC1CCOCC1CN(C)C(C)C(C)(C)C. The van der Waals surface area contributed by atoms with Gasteiger partial charge in [-0.2, -0.15) is 0 Å². The zero-order chi connectivity index (χ0) is 13.8. The Balaban J connectivity index is 2.53. The largest absolute Gasteiger partial charge is 0.381 e. The van der Waals surface area contributed by atoms with E-state index in [9.17, 15) is 0 Å². The summed E-state index contributed by atoms with van der Waals surface area (Å²) < 4.78 is 5.66. The third-order valence-electron chi connectivity index (χ3n) is 4.38. The molecule has 108 valence electrons. The van der Waals surface area contributed by atoms with Gasteiger partial charge in [0.05, 0.1) is 6.61 Å². The van der Waals surface area contributed by atoms with Gasteiger partial charge in [-0.15, -0.1) is 0 Å². The lowest BCUT2D eigenvalue weighted by Gasteiger charge is -2.40. The Labute approximate surface area is 113 Å². The van der Waals surface area contributed by atoms with E-state index in [1.807, 2.05) is 0 Å². The van der Waals surface area contributed by atoms with Crippen LogP contribution in [0.15, 0.2) is 0 Å². The first-order valence-electron chi connectivity index (χ1n) is 7.37. The number of hydrogen-bond acceptors (Lipinski definition) is 3. The number of nitrogens with zero attached hydrogens (tertiary/aromatic N) is 1. The highest BCUT2D eigenvalue weighted by atomic mass is 16.5. The molecule has 3 atom stereocenters. The molecular formula is C15H32N2O. The highest BCUT2D eigenvalue weighted by Gasteiger charge is 2.30. The molecule has 0 bridgehead atoms. The van der Waals surface area contributed by atoms with Crippen LogP contribution in [0.2, 0.25) is 0 Å². The Morgan fingerprint density at radius 3 is 2.61 bits per heavy atom. The molecule has 0 aliphatic carbocycles. The van der Waals surface area contributed by atoms with Crippen LogP contribution in [-0.2, 0) is 4.74 Å². The molecule has 0 aromatic rings. The molecule has 18 heavy (non-hydrogen) atoms. The molecule has 0 saturated carbocycles. The first-order valence-corrected chi connectivity index (χ1v) is 7.37. The summed E-state index contributed by atoms with van der Waals surface area (Å²) in [5, 5.41) is 3.61. The van der Waals surface area contributed by atoms with E-state index in [1.54, 1.807) is 0 Å². The van der Waals surface area contributed by atoms with E-state index in [2.05, 4.69) is 51.9 Å². The van der Waals surface area contributed by atoms with Crippen molar-refractivity contribution in [1.82, 2.24) is 10.2 Å². The summed E-state index contributed by atoms with van der Waals surface area (Å²) in [5.41, 5.74) is 0.331. The molecule has 0 amide bonds. The minimum absolute atomic E-state index is 0.331. The number of hydrogen-bond donors (Lipinski definition) is 1. The van der Waals surface area contributed by atoms with E-state index < -0.39 is 0 Å². The van der Waals surface area contributed by atoms with Gasteiger partial charge in [-0.05, 0) is 32.4 Å². The second-order valence-corrected chi connectivity index (χ2v) is 6.77. The molecule has 3 unspecified atom stereocenters. The van der Waals surface area contributed by atoms with Gasteiger partial charge in [-0.1, -0.05) is 27.7 Å². The van der Waals surface area contributed by atoms with Crippen LogP contribution in [0.3, 0.4) is 0 Å². The van der Waals surface area contributed by atoms with Crippen LogP contribution >= 0.6 is 0 Å². The zero-order valence-electron chi connectivity index (χ0n) is 13.1. The molecule has 1 saturated heterocycles. The average Bonchev–Trinajstić information content (AvgIpc) is 2.29. The molecule has 3 heteroatoms. The van der Waals surface area contributed by atoms with E-state index >= 15 is 0 Å². The van der Waals surface area contributed by atoms with Gasteiger partial charge < -0.3 is 15.0 Å². The number of ether oxygens (including phenoxy) is 1. The van der Waals surface area contributed by atoms with Crippen LogP contribution < -0.4 is 5.32 Å². The van der Waals surface area contributed by atoms with E-state index in [4.69, 9.17) is 4.74 Å². The van der Waals surface area contributed by atoms with Gasteiger partial charge in [-0.3, -0.25) is 0 Å². The van der Waals surface area contributed by atoms with Crippen LogP contribution in [0.25, 0.3) is 0 Å². The van der Waals surface area contributed by atoms with Crippen molar-refractivity contribution in [2.24, 2.45) is 11.3 Å². The van der Waals surface area contributed by atoms with Gasteiger partial charge in [0, 0.05) is 31.2 Å². The minimum Gasteiger partial charge on any atom is -0.381 e. The third-order valence-corrected chi connectivity index (χ3v) is 4.38. The second-order valence-electron chi connectivity index (χ2n) is 6.77. The smallest absolute Gasteiger partial charge is 0.0521 e. The summed E-state index contributed by atoms with van der Waals surface area (Å²) in [6, 6.07) is 1.21. The maximum atomic E-state index is 5.66.